The van der Waals surface area contributed by atoms with E-state index in [4.69, 9.17) is 11.6 Å². The van der Waals surface area contributed by atoms with Crippen molar-refractivity contribution in [3.05, 3.63) is 70.7 Å². The minimum Gasteiger partial charge on any atom is -0.351 e. The quantitative estimate of drug-likeness (QED) is 0.863. The van der Waals surface area contributed by atoms with Crippen molar-refractivity contribution in [3.63, 3.8) is 0 Å². The van der Waals surface area contributed by atoms with Gasteiger partial charge in [0, 0.05) is 44.3 Å². The van der Waals surface area contributed by atoms with E-state index in [1.807, 2.05) is 48.5 Å². The fourth-order valence-corrected chi connectivity index (χ4v) is 3.27. The zero-order valence-corrected chi connectivity index (χ0v) is 15.1. The van der Waals surface area contributed by atoms with Crippen LogP contribution in [0.25, 0.3) is 0 Å². The minimum absolute atomic E-state index is 0.0899. The Morgan fingerprint density at radius 2 is 1.60 bits per heavy atom. The number of hydrogen-bond donors (Lipinski definition) is 1. The average Bonchev–Trinajstić information content (AvgIpc) is 2.63. The third-order valence-electron chi connectivity index (χ3n) is 4.46. The largest absolute Gasteiger partial charge is 0.351 e. The number of halogens is 1. The van der Waals surface area contributed by atoms with Crippen LogP contribution in [0.3, 0.4) is 0 Å². The summed E-state index contributed by atoms with van der Waals surface area (Å²) in [5, 5.41) is 3.78. The second-order valence-corrected chi connectivity index (χ2v) is 6.88. The summed E-state index contributed by atoms with van der Waals surface area (Å²) in [6.45, 7) is 5.75. The molecule has 0 radical (unpaired) electrons. The van der Waals surface area contributed by atoms with E-state index in [2.05, 4.69) is 21.2 Å². The predicted molar refractivity (Wildman–Crippen MR) is 101 cm³/mol. The van der Waals surface area contributed by atoms with Gasteiger partial charge in [-0.1, -0.05) is 54.1 Å². The summed E-state index contributed by atoms with van der Waals surface area (Å²) in [6.07, 6.45) is 0. The smallest absolute Gasteiger partial charge is 0.234 e. The van der Waals surface area contributed by atoms with E-state index in [0.29, 0.717) is 13.1 Å². The molecule has 0 atom stereocenters. The van der Waals surface area contributed by atoms with Gasteiger partial charge in [0.1, 0.15) is 0 Å². The highest BCUT2D eigenvalue weighted by molar-refractivity contribution is 6.30. The maximum absolute atomic E-state index is 12.1. The van der Waals surface area contributed by atoms with Crippen LogP contribution in [0.4, 0.5) is 0 Å². The molecule has 0 bridgehead atoms. The molecule has 1 amide bonds. The molecular weight excluding hydrogens is 334 g/mol. The molecule has 0 unspecified atom stereocenters. The van der Waals surface area contributed by atoms with Crippen LogP contribution in [0.2, 0.25) is 5.02 Å². The van der Waals surface area contributed by atoms with Gasteiger partial charge in [0.15, 0.2) is 0 Å². The number of carbonyl (C=O) groups excluding carboxylic acids is 1. The van der Waals surface area contributed by atoms with Crippen LogP contribution >= 0.6 is 11.6 Å². The molecule has 1 saturated heterocycles. The van der Waals surface area contributed by atoms with Crippen molar-refractivity contribution in [3.8, 4) is 0 Å². The summed E-state index contributed by atoms with van der Waals surface area (Å²) >= 11 is 6.05. The molecule has 3 rings (SSSR count). The van der Waals surface area contributed by atoms with Crippen molar-refractivity contribution >= 4 is 17.5 Å². The lowest BCUT2D eigenvalue weighted by Gasteiger charge is -2.34. The van der Waals surface area contributed by atoms with E-state index in [1.165, 1.54) is 5.56 Å². The first kappa shape index (κ1) is 17.9. The van der Waals surface area contributed by atoms with Gasteiger partial charge < -0.3 is 5.32 Å². The van der Waals surface area contributed by atoms with E-state index in [-0.39, 0.29) is 5.91 Å². The Bertz CT molecular complexity index is 684. The first-order valence-electron chi connectivity index (χ1n) is 8.69. The molecule has 0 spiro atoms. The lowest BCUT2D eigenvalue weighted by molar-refractivity contribution is -0.122. The maximum atomic E-state index is 12.1. The van der Waals surface area contributed by atoms with Gasteiger partial charge in [-0.15, -0.1) is 0 Å². The number of piperazine rings is 1. The maximum Gasteiger partial charge on any atom is 0.234 e. The van der Waals surface area contributed by atoms with Crippen LogP contribution in [0.5, 0.6) is 0 Å². The lowest BCUT2D eigenvalue weighted by Crippen LogP contribution is -2.49. The lowest BCUT2D eigenvalue weighted by atomic mass is 10.2. The zero-order chi connectivity index (χ0) is 17.5. The second-order valence-electron chi connectivity index (χ2n) is 6.44. The SMILES string of the molecule is O=C(CN1CCN(Cc2cccc(Cl)c2)CC1)NCc1ccccc1. The Balaban J connectivity index is 1.38. The monoisotopic (exact) mass is 357 g/mol. The van der Waals surface area contributed by atoms with E-state index in [1.54, 1.807) is 0 Å². The van der Waals surface area contributed by atoms with Crippen molar-refractivity contribution in [1.29, 1.82) is 0 Å². The van der Waals surface area contributed by atoms with E-state index < -0.39 is 0 Å². The Hall–Kier alpha value is -1.88. The molecule has 1 N–H and O–H groups in total. The molecular formula is C20H24ClN3O. The number of rotatable bonds is 6. The molecule has 4 nitrogen and oxygen atoms in total. The summed E-state index contributed by atoms with van der Waals surface area (Å²) in [5.74, 6) is 0.0899. The van der Waals surface area contributed by atoms with Gasteiger partial charge in [-0.3, -0.25) is 14.6 Å². The summed E-state index contributed by atoms with van der Waals surface area (Å²) in [4.78, 5) is 16.7. The van der Waals surface area contributed by atoms with Crippen LogP contribution in [0.1, 0.15) is 11.1 Å². The van der Waals surface area contributed by atoms with Gasteiger partial charge in [-0.2, -0.15) is 0 Å². The number of hydrogen-bond acceptors (Lipinski definition) is 3. The number of carbonyl (C=O) groups is 1. The van der Waals surface area contributed by atoms with Gasteiger partial charge >= 0.3 is 0 Å². The van der Waals surface area contributed by atoms with Crippen LogP contribution in [0.15, 0.2) is 54.6 Å². The Kier molecular flexibility index (Phi) is 6.45. The van der Waals surface area contributed by atoms with Crippen molar-refractivity contribution < 1.29 is 4.79 Å². The summed E-state index contributed by atoms with van der Waals surface area (Å²) < 4.78 is 0. The Morgan fingerprint density at radius 3 is 2.32 bits per heavy atom. The Labute approximate surface area is 154 Å². The van der Waals surface area contributed by atoms with E-state index in [9.17, 15) is 4.79 Å². The molecule has 25 heavy (non-hydrogen) atoms. The third kappa shape index (κ3) is 5.85. The fraction of sp³-hybridized carbons (Fsp3) is 0.350. The van der Waals surface area contributed by atoms with Gasteiger partial charge in [-0.05, 0) is 23.3 Å². The van der Waals surface area contributed by atoms with Crippen molar-refractivity contribution in [2.24, 2.45) is 0 Å². The number of benzene rings is 2. The van der Waals surface area contributed by atoms with Gasteiger partial charge in [-0.25, -0.2) is 0 Å². The summed E-state index contributed by atoms with van der Waals surface area (Å²) in [6, 6.07) is 18.0. The normalized spacial score (nSPS) is 15.9. The van der Waals surface area contributed by atoms with Crippen LogP contribution in [0, 0.1) is 0 Å². The zero-order valence-electron chi connectivity index (χ0n) is 14.3. The fourth-order valence-electron chi connectivity index (χ4n) is 3.05. The van der Waals surface area contributed by atoms with Crippen molar-refractivity contribution in [2.75, 3.05) is 32.7 Å². The molecule has 0 saturated carbocycles. The molecule has 1 aliphatic rings. The number of nitrogens with one attached hydrogen (secondary N) is 1. The molecule has 1 aliphatic heterocycles. The first-order chi connectivity index (χ1) is 12.2. The third-order valence-corrected chi connectivity index (χ3v) is 4.69. The van der Waals surface area contributed by atoms with Crippen molar-refractivity contribution in [2.45, 2.75) is 13.1 Å². The number of nitrogens with zero attached hydrogens (tertiary/aromatic N) is 2. The predicted octanol–water partition coefficient (Wildman–Crippen LogP) is 2.77. The van der Waals surface area contributed by atoms with Crippen LogP contribution in [-0.4, -0.2) is 48.4 Å². The van der Waals surface area contributed by atoms with Gasteiger partial charge in [0.2, 0.25) is 5.91 Å². The standard InChI is InChI=1S/C20H24ClN3O/c21-19-8-4-7-18(13-19)15-23-9-11-24(12-10-23)16-20(25)22-14-17-5-2-1-3-6-17/h1-8,13H,9-12,14-16H2,(H,22,25). The highest BCUT2D eigenvalue weighted by Gasteiger charge is 2.18. The Morgan fingerprint density at radius 1 is 0.920 bits per heavy atom. The van der Waals surface area contributed by atoms with Gasteiger partial charge in [0.25, 0.3) is 0 Å². The number of amides is 1. The molecule has 0 aliphatic carbocycles. The molecule has 2 aromatic rings. The van der Waals surface area contributed by atoms with Crippen molar-refractivity contribution in [1.82, 2.24) is 15.1 Å². The topological polar surface area (TPSA) is 35.6 Å². The second kappa shape index (κ2) is 8.99. The highest BCUT2D eigenvalue weighted by atomic mass is 35.5. The van der Waals surface area contributed by atoms with Crippen LogP contribution < -0.4 is 5.32 Å². The first-order valence-corrected chi connectivity index (χ1v) is 9.06. The molecule has 1 fully saturated rings. The molecule has 5 heteroatoms. The molecule has 1 heterocycles. The summed E-state index contributed by atoms with van der Waals surface area (Å²) in [5.41, 5.74) is 2.36. The van der Waals surface area contributed by atoms with E-state index in [0.717, 1.165) is 43.3 Å². The highest BCUT2D eigenvalue weighted by Crippen LogP contribution is 2.13. The average molecular weight is 358 g/mol. The summed E-state index contributed by atoms with van der Waals surface area (Å²) in [7, 11) is 0. The molecule has 0 aromatic heterocycles. The molecule has 132 valence electrons. The van der Waals surface area contributed by atoms with Gasteiger partial charge in [0.05, 0.1) is 6.54 Å². The van der Waals surface area contributed by atoms with Crippen LogP contribution in [-0.2, 0) is 17.9 Å². The van der Waals surface area contributed by atoms with E-state index >= 15 is 0 Å². The minimum atomic E-state index is 0.0899. The molecule has 2 aromatic carbocycles.